The molecule has 0 radical (unpaired) electrons. The average molecular weight is 596 g/mol. The fourth-order valence-corrected chi connectivity index (χ4v) is 9.85. The molecule has 42 heavy (non-hydrogen) atoms. The van der Waals surface area contributed by atoms with Crippen LogP contribution in [0.25, 0.3) is 0 Å². The second-order valence-electron chi connectivity index (χ2n) is 13.1. The number of aliphatic hydroxyl groups is 1. The van der Waals surface area contributed by atoms with Gasteiger partial charge in [0.2, 0.25) is 17.7 Å². The van der Waals surface area contributed by atoms with E-state index < -0.39 is 28.2 Å². The van der Waals surface area contributed by atoms with Crippen molar-refractivity contribution in [2.24, 2.45) is 17.8 Å². The van der Waals surface area contributed by atoms with Gasteiger partial charge in [0.15, 0.2) is 0 Å². The van der Waals surface area contributed by atoms with E-state index in [-0.39, 0.29) is 35.5 Å². The molecule has 3 heterocycles. The number of thioether (sulfide) groups is 1. The van der Waals surface area contributed by atoms with Gasteiger partial charge < -0.3 is 19.8 Å². The van der Waals surface area contributed by atoms with Crippen LogP contribution in [0, 0.1) is 17.8 Å². The first-order valence-electron chi connectivity index (χ1n) is 15.5. The first-order valence-corrected chi connectivity index (χ1v) is 16.4. The van der Waals surface area contributed by atoms with Crippen molar-refractivity contribution >= 4 is 29.5 Å². The summed E-state index contributed by atoms with van der Waals surface area (Å²) in [6.45, 7) is 17.9. The van der Waals surface area contributed by atoms with Gasteiger partial charge >= 0.3 is 0 Å². The van der Waals surface area contributed by atoms with Crippen LogP contribution in [0.15, 0.2) is 55.6 Å². The summed E-state index contributed by atoms with van der Waals surface area (Å²) >= 11 is 1.73. The number of rotatable bonds is 14. The molecule has 2 bridgehead atoms. The Morgan fingerprint density at radius 1 is 1.07 bits per heavy atom. The van der Waals surface area contributed by atoms with Gasteiger partial charge in [0.1, 0.15) is 6.04 Å². The molecule has 3 unspecified atom stereocenters. The Hall–Kier alpha value is -2.58. The Balaban J connectivity index is 1.72. The number of amides is 3. The number of benzene rings is 1. The number of fused-ring (bicyclic) bond motifs is 1. The van der Waals surface area contributed by atoms with E-state index in [9.17, 15) is 19.5 Å². The van der Waals surface area contributed by atoms with Crippen LogP contribution in [0.3, 0.4) is 0 Å². The molecule has 7 nitrogen and oxygen atoms in total. The van der Waals surface area contributed by atoms with E-state index in [1.807, 2.05) is 65.8 Å². The van der Waals surface area contributed by atoms with Crippen molar-refractivity contribution in [2.45, 2.75) is 87.9 Å². The van der Waals surface area contributed by atoms with Gasteiger partial charge in [0.05, 0.1) is 16.6 Å². The van der Waals surface area contributed by atoms with Gasteiger partial charge in [-0.1, -0.05) is 62.2 Å². The molecule has 3 aliphatic rings. The predicted molar refractivity (Wildman–Crippen MR) is 170 cm³/mol. The van der Waals surface area contributed by atoms with Crippen molar-refractivity contribution in [1.29, 1.82) is 0 Å². The van der Waals surface area contributed by atoms with Crippen LogP contribution in [-0.4, -0.2) is 85.3 Å². The lowest BCUT2D eigenvalue weighted by Crippen LogP contribution is -2.60. The monoisotopic (exact) mass is 595 g/mol. The Labute approximate surface area is 256 Å². The molecule has 3 amide bonds. The lowest BCUT2D eigenvalue weighted by atomic mass is 9.65. The molecule has 0 aromatic heterocycles. The van der Waals surface area contributed by atoms with E-state index in [1.54, 1.807) is 23.9 Å². The number of unbranched alkanes of at least 4 members (excludes halogenated alkanes) is 3. The number of aliphatic hydroxyl groups excluding tert-OH is 1. The van der Waals surface area contributed by atoms with Crippen LogP contribution in [0.2, 0.25) is 0 Å². The zero-order chi connectivity index (χ0) is 30.7. The highest BCUT2D eigenvalue weighted by atomic mass is 32.2. The molecule has 3 aliphatic heterocycles. The fourth-order valence-electron chi connectivity index (χ4n) is 7.44. The van der Waals surface area contributed by atoms with Crippen molar-refractivity contribution in [3.05, 3.63) is 61.2 Å². The first kappa shape index (κ1) is 32.3. The van der Waals surface area contributed by atoms with Gasteiger partial charge in [0.25, 0.3) is 0 Å². The van der Waals surface area contributed by atoms with Gasteiger partial charge in [-0.2, -0.15) is 0 Å². The Kier molecular flexibility index (Phi) is 10.3. The van der Waals surface area contributed by atoms with Crippen molar-refractivity contribution in [3.8, 4) is 0 Å². The number of carbonyl (C=O) groups is 3. The molecule has 0 aliphatic carbocycles. The van der Waals surface area contributed by atoms with Crippen LogP contribution < -0.4 is 0 Å². The lowest BCUT2D eigenvalue weighted by Gasteiger charge is -2.44. The molecule has 1 N–H and O–H groups in total. The highest BCUT2D eigenvalue weighted by molar-refractivity contribution is 8.02. The topological polar surface area (TPSA) is 81.2 Å². The zero-order valence-corrected chi connectivity index (χ0v) is 26.7. The van der Waals surface area contributed by atoms with Gasteiger partial charge in [-0.05, 0) is 51.5 Å². The summed E-state index contributed by atoms with van der Waals surface area (Å²) in [5.74, 6) is -1.01. The van der Waals surface area contributed by atoms with Crippen LogP contribution in [0.4, 0.5) is 0 Å². The average Bonchev–Trinajstić information content (AvgIpc) is 3.54. The summed E-state index contributed by atoms with van der Waals surface area (Å²) in [4.78, 5) is 49.1. The molecular weight excluding hydrogens is 546 g/mol. The number of likely N-dealkylation sites (tertiary alicyclic amines) is 1. The van der Waals surface area contributed by atoms with Crippen molar-refractivity contribution in [2.75, 3.05) is 26.2 Å². The summed E-state index contributed by atoms with van der Waals surface area (Å²) in [7, 11) is 0. The van der Waals surface area contributed by atoms with E-state index in [0.717, 1.165) is 37.7 Å². The fraction of sp³-hybridized carbons (Fsp3) is 0.618. The van der Waals surface area contributed by atoms with E-state index in [4.69, 9.17) is 0 Å². The summed E-state index contributed by atoms with van der Waals surface area (Å²) in [6, 6.07) is 9.29. The van der Waals surface area contributed by atoms with Crippen LogP contribution in [0.5, 0.6) is 0 Å². The molecular formula is C34H49N3O4S. The Morgan fingerprint density at radius 2 is 1.74 bits per heavy atom. The normalized spacial score (nSPS) is 28.1. The second-order valence-corrected chi connectivity index (χ2v) is 14.7. The Morgan fingerprint density at radius 3 is 2.36 bits per heavy atom. The molecule has 4 rings (SSSR count). The summed E-state index contributed by atoms with van der Waals surface area (Å²) in [6.07, 6.45) is 7.54. The smallest absolute Gasteiger partial charge is 0.247 e. The van der Waals surface area contributed by atoms with Gasteiger partial charge in [0, 0.05) is 43.6 Å². The highest BCUT2D eigenvalue weighted by Crippen LogP contribution is 2.69. The third-order valence-corrected chi connectivity index (χ3v) is 11.4. The maximum atomic E-state index is 14.6. The Bertz CT molecular complexity index is 1150. The number of hydrogen-bond acceptors (Lipinski definition) is 5. The molecule has 0 saturated carbocycles. The van der Waals surface area contributed by atoms with E-state index in [2.05, 4.69) is 20.1 Å². The van der Waals surface area contributed by atoms with Gasteiger partial charge in [-0.25, -0.2) is 0 Å². The maximum absolute atomic E-state index is 14.6. The van der Waals surface area contributed by atoms with Crippen molar-refractivity contribution in [1.82, 2.24) is 14.7 Å². The van der Waals surface area contributed by atoms with Crippen LogP contribution in [-0.2, 0) is 20.9 Å². The minimum atomic E-state index is -0.651. The predicted octanol–water partition coefficient (Wildman–Crippen LogP) is 4.90. The minimum Gasteiger partial charge on any atom is -0.396 e. The van der Waals surface area contributed by atoms with Gasteiger partial charge in [-0.15, -0.1) is 24.9 Å². The molecule has 1 aromatic rings. The van der Waals surface area contributed by atoms with E-state index in [0.29, 0.717) is 26.2 Å². The maximum Gasteiger partial charge on any atom is 0.247 e. The molecule has 1 aromatic carbocycles. The third kappa shape index (κ3) is 5.94. The summed E-state index contributed by atoms with van der Waals surface area (Å²) in [5.41, 5.74) is 0.582. The molecule has 230 valence electrons. The number of nitrogens with zero attached hydrogens (tertiary/aromatic N) is 3. The van der Waals surface area contributed by atoms with E-state index >= 15 is 0 Å². The molecule has 3 saturated heterocycles. The summed E-state index contributed by atoms with van der Waals surface area (Å²) < 4.78 is -0.651. The number of carbonyl (C=O) groups excluding carboxylic acids is 3. The van der Waals surface area contributed by atoms with Crippen LogP contribution in [0.1, 0.15) is 65.4 Å². The summed E-state index contributed by atoms with van der Waals surface area (Å²) in [5, 5.41) is 9.21. The highest BCUT2D eigenvalue weighted by Gasteiger charge is 2.76. The molecule has 3 fully saturated rings. The quantitative estimate of drug-likeness (QED) is 0.244. The number of hydrogen-bond donors (Lipinski definition) is 1. The second kappa shape index (κ2) is 13.4. The van der Waals surface area contributed by atoms with E-state index in [1.165, 1.54) is 0 Å². The molecule has 6 atom stereocenters. The molecule has 8 heteroatoms. The van der Waals surface area contributed by atoms with Crippen molar-refractivity contribution < 1.29 is 19.5 Å². The third-order valence-electron chi connectivity index (χ3n) is 9.34. The SMILES string of the molecule is C=CCN(Cc1ccccc1)C(=O)[C@@H]1[C@H]2C(=O)N(CCCCCCO)C(C(=O)N(CC=C)C(C)(C)C)C23S[C@@H]1CC3C. The van der Waals surface area contributed by atoms with Gasteiger partial charge in [-0.3, -0.25) is 14.4 Å². The minimum absolute atomic E-state index is 0.00552. The van der Waals surface area contributed by atoms with Crippen LogP contribution >= 0.6 is 11.8 Å². The largest absolute Gasteiger partial charge is 0.396 e. The van der Waals surface area contributed by atoms with Crippen molar-refractivity contribution in [3.63, 3.8) is 0 Å². The standard InChI is InChI=1S/C34H49N3O4S/c1-7-18-35(23-25-16-12-11-13-17-25)30(39)27-26-22-24(3)34(42-26)28(27)31(40)36(20-14-9-10-15-21-38)29(34)32(41)37(19-8-2)33(4,5)6/h7-8,11-13,16-17,24,26-29,38H,1-2,9-10,14-15,18-23H2,3-6H3/t24?,26-,27+,28+,29?,34?/m1/s1. The first-order chi connectivity index (χ1) is 20.0. The lowest BCUT2D eigenvalue weighted by molar-refractivity contribution is -0.146. The molecule has 1 spiro atoms. The zero-order valence-electron chi connectivity index (χ0n) is 25.8.